The minimum Gasteiger partial charge on any atom is -0.497 e. The molecule has 1 unspecified atom stereocenters. The zero-order valence-corrected chi connectivity index (χ0v) is 16.4. The smallest absolute Gasteiger partial charge is 0.223 e. The highest BCUT2D eigenvalue weighted by atomic mass is 79.9. The average Bonchev–Trinajstić information content (AvgIpc) is 2.63. The highest BCUT2D eigenvalue weighted by Crippen LogP contribution is 2.36. The van der Waals surface area contributed by atoms with Crippen molar-refractivity contribution in [3.63, 3.8) is 0 Å². The van der Waals surface area contributed by atoms with Crippen LogP contribution in [0.2, 0.25) is 0 Å². The second-order valence-electron chi connectivity index (χ2n) is 6.70. The molecule has 132 valence electrons. The van der Waals surface area contributed by atoms with Gasteiger partial charge in [-0.3, -0.25) is 4.79 Å². The number of halogens is 1. The molecule has 0 N–H and O–H groups in total. The molecule has 0 saturated heterocycles. The fourth-order valence-electron chi connectivity index (χ4n) is 3.57. The highest BCUT2D eigenvalue weighted by molar-refractivity contribution is 9.10. The number of hydrogen-bond acceptors (Lipinski definition) is 2. The van der Waals surface area contributed by atoms with E-state index in [2.05, 4.69) is 34.1 Å². The molecule has 0 fully saturated rings. The summed E-state index contributed by atoms with van der Waals surface area (Å²) in [6.07, 6.45) is 3.85. The SMILES string of the molecule is COc1ccc2c(c1)CCCC2CC(=O)N(C)Cc1ccccc1Br. The first kappa shape index (κ1) is 18.0. The topological polar surface area (TPSA) is 29.5 Å². The van der Waals surface area contributed by atoms with Crippen LogP contribution in [0.4, 0.5) is 0 Å². The number of ether oxygens (including phenoxy) is 1. The lowest BCUT2D eigenvalue weighted by Gasteiger charge is -2.27. The molecular formula is C21H24BrNO2. The van der Waals surface area contributed by atoms with Gasteiger partial charge in [0, 0.05) is 24.5 Å². The zero-order valence-electron chi connectivity index (χ0n) is 14.8. The Morgan fingerprint density at radius 1 is 1.28 bits per heavy atom. The molecule has 2 aromatic carbocycles. The number of hydrogen-bond donors (Lipinski definition) is 0. The molecule has 0 saturated carbocycles. The molecule has 3 nitrogen and oxygen atoms in total. The van der Waals surface area contributed by atoms with Gasteiger partial charge in [-0.15, -0.1) is 0 Å². The van der Waals surface area contributed by atoms with E-state index in [4.69, 9.17) is 4.74 Å². The molecule has 4 heteroatoms. The van der Waals surface area contributed by atoms with Gasteiger partial charge < -0.3 is 9.64 Å². The molecule has 0 spiro atoms. The van der Waals surface area contributed by atoms with E-state index in [0.717, 1.165) is 35.0 Å². The normalized spacial score (nSPS) is 16.2. The number of aryl methyl sites for hydroxylation is 1. The van der Waals surface area contributed by atoms with Crippen LogP contribution in [0.5, 0.6) is 5.75 Å². The first-order valence-corrected chi connectivity index (χ1v) is 9.52. The third-order valence-electron chi connectivity index (χ3n) is 5.00. The van der Waals surface area contributed by atoms with Crippen LogP contribution in [0, 0.1) is 0 Å². The van der Waals surface area contributed by atoms with E-state index in [1.54, 1.807) is 7.11 Å². The molecule has 3 rings (SSSR count). The Morgan fingerprint density at radius 2 is 2.08 bits per heavy atom. The summed E-state index contributed by atoms with van der Waals surface area (Å²) < 4.78 is 6.38. The lowest BCUT2D eigenvalue weighted by atomic mass is 9.80. The Balaban J connectivity index is 1.68. The van der Waals surface area contributed by atoms with Crippen molar-refractivity contribution < 1.29 is 9.53 Å². The molecule has 1 aliphatic rings. The van der Waals surface area contributed by atoms with Crippen LogP contribution in [0.25, 0.3) is 0 Å². The summed E-state index contributed by atoms with van der Waals surface area (Å²) >= 11 is 3.56. The largest absolute Gasteiger partial charge is 0.497 e. The fraction of sp³-hybridized carbons (Fsp3) is 0.381. The van der Waals surface area contributed by atoms with Crippen LogP contribution in [-0.2, 0) is 17.8 Å². The van der Waals surface area contributed by atoms with E-state index in [1.807, 2.05) is 36.2 Å². The third-order valence-corrected chi connectivity index (χ3v) is 5.77. The Hall–Kier alpha value is -1.81. The van der Waals surface area contributed by atoms with E-state index >= 15 is 0 Å². The molecule has 1 aliphatic carbocycles. The number of benzene rings is 2. The van der Waals surface area contributed by atoms with Gasteiger partial charge in [0.1, 0.15) is 5.75 Å². The van der Waals surface area contributed by atoms with Crippen molar-refractivity contribution in [1.29, 1.82) is 0 Å². The number of carbonyl (C=O) groups is 1. The van der Waals surface area contributed by atoms with Crippen LogP contribution in [0.15, 0.2) is 46.9 Å². The summed E-state index contributed by atoms with van der Waals surface area (Å²) in [5.41, 5.74) is 3.78. The number of nitrogens with zero attached hydrogens (tertiary/aromatic N) is 1. The summed E-state index contributed by atoms with van der Waals surface area (Å²) in [5.74, 6) is 1.41. The minimum absolute atomic E-state index is 0.199. The van der Waals surface area contributed by atoms with Crippen molar-refractivity contribution in [2.75, 3.05) is 14.2 Å². The number of fused-ring (bicyclic) bond motifs is 1. The summed E-state index contributed by atoms with van der Waals surface area (Å²) in [7, 11) is 3.59. The van der Waals surface area contributed by atoms with Gasteiger partial charge in [-0.1, -0.05) is 40.2 Å². The predicted molar refractivity (Wildman–Crippen MR) is 104 cm³/mol. The van der Waals surface area contributed by atoms with E-state index in [9.17, 15) is 4.79 Å². The van der Waals surface area contributed by atoms with Gasteiger partial charge in [-0.25, -0.2) is 0 Å². The van der Waals surface area contributed by atoms with Crippen molar-refractivity contribution >= 4 is 21.8 Å². The van der Waals surface area contributed by atoms with Crippen LogP contribution >= 0.6 is 15.9 Å². The maximum Gasteiger partial charge on any atom is 0.223 e. The first-order chi connectivity index (χ1) is 12.1. The number of amides is 1. The van der Waals surface area contributed by atoms with E-state index in [-0.39, 0.29) is 5.91 Å². The molecule has 25 heavy (non-hydrogen) atoms. The van der Waals surface area contributed by atoms with Crippen molar-refractivity contribution in [3.05, 3.63) is 63.6 Å². The van der Waals surface area contributed by atoms with E-state index in [0.29, 0.717) is 18.9 Å². The lowest BCUT2D eigenvalue weighted by Crippen LogP contribution is -2.28. The summed E-state index contributed by atoms with van der Waals surface area (Å²) in [6, 6.07) is 14.3. The van der Waals surface area contributed by atoms with Crippen LogP contribution in [-0.4, -0.2) is 25.0 Å². The van der Waals surface area contributed by atoms with Crippen molar-refractivity contribution in [2.45, 2.75) is 38.1 Å². The lowest BCUT2D eigenvalue weighted by molar-refractivity contribution is -0.130. The van der Waals surface area contributed by atoms with Gasteiger partial charge in [0.15, 0.2) is 0 Å². The second-order valence-corrected chi connectivity index (χ2v) is 7.55. The van der Waals surface area contributed by atoms with Crippen molar-refractivity contribution in [3.8, 4) is 5.75 Å². The molecule has 0 bridgehead atoms. The Kier molecular flexibility index (Phi) is 5.79. The number of methoxy groups -OCH3 is 1. The van der Waals surface area contributed by atoms with Crippen LogP contribution in [0.1, 0.15) is 41.9 Å². The summed E-state index contributed by atoms with van der Waals surface area (Å²) in [6.45, 7) is 0.627. The molecule has 1 amide bonds. The molecule has 0 heterocycles. The van der Waals surface area contributed by atoms with Gasteiger partial charge >= 0.3 is 0 Å². The number of carbonyl (C=O) groups excluding carboxylic acids is 1. The molecule has 0 aromatic heterocycles. The second kappa shape index (κ2) is 8.05. The molecular weight excluding hydrogens is 378 g/mol. The maximum absolute atomic E-state index is 12.7. The highest BCUT2D eigenvalue weighted by Gasteiger charge is 2.24. The Morgan fingerprint density at radius 3 is 2.84 bits per heavy atom. The summed E-state index contributed by atoms with van der Waals surface area (Å²) in [4.78, 5) is 14.6. The van der Waals surface area contributed by atoms with Crippen molar-refractivity contribution in [1.82, 2.24) is 4.90 Å². The molecule has 0 aliphatic heterocycles. The van der Waals surface area contributed by atoms with Crippen LogP contribution in [0.3, 0.4) is 0 Å². The average molecular weight is 402 g/mol. The molecule has 0 radical (unpaired) electrons. The predicted octanol–water partition coefficient (Wildman–Crippen LogP) is 4.93. The minimum atomic E-state index is 0.199. The fourth-order valence-corrected chi connectivity index (χ4v) is 3.98. The quantitative estimate of drug-likeness (QED) is 0.710. The maximum atomic E-state index is 12.7. The Labute approximate surface area is 158 Å². The van der Waals surface area contributed by atoms with Gasteiger partial charge in [0.05, 0.1) is 7.11 Å². The Bertz CT molecular complexity index is 759. The first-order valence-electron chi connectivity index (χ1n) is 8.72. The van der Waals surface area contributed by atoms with Crippen molar-refractivity contribution in [2.24, 2.45) is 0 Å². The zero-order chi connectivity index (χ0) is 17.8. The number of rotatable bonds is 5. The van der Waals surface area contributed by atoms with E-state index < -0.39 is 0 Å². The van der Waals surface area contributed by atoms with Gasteiger partial charge in [0.25, 0.3) is 0 Å². The summed E-state index contributed by atoms with van der Waals surface area (Å²) in [5, 5.41) is 0. The standard InChI is InChI=1S/C21H24BrNO2/c1-23(14-17-6-3-4-9-20(17)22)21(24)13-16-8-5-7-15-12-18(25-2)10-11-19(15)16/h3-4,6,9-12,16H,5,7-8,13-14H2,1-2H3. The van der Waals surface area contributed by atoms with Gasteiger partial charge in [-0.2, -0.15) is 0 Å². The van der Waals surface area contributed by atoms with Gasteiger partial charge in [-0.05, 0) is 60.1 Å². The third kappa shape index (κ3) is 4.24. The molecule has 1 atom stereocenters. The van der Waals surface area contributed by atoms with Crippen LogP contribution < -0.4 is 4.74 Å². The monoisotopic (exact) mass is 401 g/mol. The molecule has 2 aromatic rings. The van der Waals surface area contributed by atoms with Gasteiger partial charge in [0.2, 0.25) is 5.91 Å². The van der Waals surface area contributed by atoms with E-state index in [1.165, 1.54) is 11.1 Å².